The largest absolute Gasteiger partial charge is 0.0914 e. The van der Waals surface area contributed by atoms with E-state index in [4.69, 9.17) is 0 Å². The summed E-state index contributed by atoms with van der Waals surface area (Å²) in [7, 11) is 0. The van der Waals surface area contributed by atoms with Gasteiger partial charge in [-0.1, -0.05) is 56.9 Å². The Bertz CT molecular complexity index is 131. The zero-order chi connectivity index (χ0) is 9.78. The molecule has 75 valence electrons. The Balaban J connectivity index is 3.02. The van der Waals surface area contributed by atoms with Crippen molar-refractivity contribution < 1.29 is 0 Å². The van der Waals surface area contributed by atoms with Crippen LogP contribution in [0.25, 0.3) is 0 Å². The van der Waals surface area contributed by atoms with Crippen molar-refractivity contribution in [2.75, 3.05) is 0 Å². The van der Waals surface area contributed by atoms with E-state index in [1.165, 1.54) is 32.1 Å². The molecule has 0 rings (SSSR count). The van der Waals surface area contributed by atoms with Gasteiger partial charge in [0.1, 0.15) is 0 Å². The Morgan fingerprint density at radius 3 is 2.38 bits per heavy atom. The van der Waals surface area contributed by atoms with E-state index in [1.54, 1.807) is 0 Å². The van der Waals surface area contributed by atoms with Crippen LogP contribution in [-0.2, 0) is 0 Å². The summed E-state index contributed by atoms with van der Waals surface area (Å²) in [4.78, 5) is 0. The monoisotopic (exact) mass is 179 g/mol. The zero-order valence-electron chi connectivity index (χ0n) is 8.97. The third-order valence-electron chi connectivity index (χ3n) is 2.05. The first kappa shape index (κ1) is 12.5. The summed E-state index contributed by atoms with van der Waals surface area (Å²) < 4.78 is 0. The molecule has 0 heterocycles. The van der Waals surface area contributed by atoms with Crippen molar-refractivity contribution in [1.82, 2.24) is 0 Å². The van der Waals surface area contributed by atoms with Crippen LogP contribution in [0, 0.1) is 6.92 Å². The van der Waals surface area contributed by atoms with E-state index in [9.17, 15) is 0 Å². The first-order chi connectivity index (χ1) is 6.41. The molecule has 0 unspecified atom stereocenters. The Hall–Kier alpha value is -0.520. The number of unbranched alkanes of at least 4 members (excludes halogenated alkanes) is 5. The van der Waals surface area contributed by atoms with E-state index < -0.39 is 0 Å². The lowest BCUT2D eigenvalue weighted by atomic mass is 10.1. The molecule has 0 aliphatic rings. The second-order valence-corrected chi connectivity index (χ2v) is 3.33. The topological polar surface area (TPSA) is 0 Å². The van der Waals surface area contributed by atoms with Crippen molar-refractivity contribution in [2.24, 2.45) is 0 Å². The predicted octanol–water partition coefficient (Wildman–Crippen LogP) is 4.68. The Morgan fingerprint density at radius 2 is 1.69 bits per heavy atom. The average Bonchev–Trinajstić information content (AvgIpc) is 2.16. The predicted molar refractivity (Wildman–Crippen MR) is 61.6 cm³/mol. The summed E-state index contributed by atoms with van der Waals surface area (Å²) in [6.07, 6.45) is 17.6. The Labute approximate surface area is 83.7 Å². The Kier molecular flexibility index (Phi) is 11.0. The molecular weight excluding hydrogens is 156 g/mol. The SMILES string of the molecule is [CH2]CCCCCC/C=C/C/C=C/C. The minimum absolute atomic E-state index is 1.09. The summed E-state index contributed by atoms with van der Waals surface area (Å²) in [5.74, 6) is 0. The van der Waals surface area contributed by atoms with Crippen LogP contribution in [0.5, 0.6) is 0 Å². The highest BCUT2D eigenvalue weighted by Crippen LogP contribution is 2.05. The maximum Gasteiger partial charge on any atom is -0.0169 e. The lowest BCUT2D eigenvalue weighted by Gasteiger charge is -1.95. The molecule has 0 amide bonds. The van der Waals surface area contributed by atoms with Gasteiger partial charge in [-0.25, -0.2) is 0 Å². The van der Waals surface area contributed by atoms with Crippen LogP contribution >= 0.6 is 0 Å². The molecule has 0 aliphatic carbocycles. The van der Waals surface area contributed by atoms with Gasteiger partial charge in [-0.15, -0.1) is 0 Å². The van der Waals surface area contributed by atoms with E-state index in [-0.39, 0.29) is 0 Å². The molecule has 0 nitrogen and oxygen atoms in total. The third kappa shape index (κ3) is 11.5. The first-order valence-electron chi connectivity index (χ1n) is 5.47. The summed E-state index contributed by atoms with van der Waals surface area (Å²) in [6, 6.07) is 0. The van der Waals surface area contributed by atoms with Gasteiger partial charge in [-0.2, -0.15) is 0 Å². The van der Waals surface area contributed by atoms with Crippen LogP contribution in [0.15, 0.2) is 24.3 Å². The van der Waals surface area contributed by atoms with Gasteiger partial charge in [0.25, 0.3) is 0 Å². The van der Waals surface area contributed by atoms with E-state index >= 15 is 0 Å². The molecule has 0 saturated heterocycles. The summed E-state index contributed by atoms with van der Waals surface area (Å²) in [6.45, 7) is 5.89. The van der Waals surface area contributed by atoms with Gasteiger partial charge in [0, 0.05) is 0 Å². The smallest absolute Gasteiger partial charge is 0.0169 e. The lowest BCUT2D eigenvalue weighted by Crippen LogP contribution is -1.75. The summed E-state index contributed by atoms with van der Waals surface area (Å²) >= 11 is 0. The second kappa shape index (κ2) is 11.5. The van der Waals surface area contributed by atoms with Gasteiger partial charge in [0.2, 0.25) is 0 Å². The molecule has 0 atom stereocenters. The minimum Gasteiger partial charge on any atom is -0.0914 e. The van der Waals surface area contributed by atoms with E-state index in [1.807, 2.05) is 0 Å². The van der Waals surface area contributed by atoms with Crippen LogP contribution in [0.1, 0.15) is 51.9 Å². The summed E-state index contributed by atoms with van der Waals surface area (Å²) in [5, 5.41) is 0. The fraction of sp³-hybridized carbons (Fsp3) is 0.615. The average molecular weight is 179 g/mol. The third-order valence-corrected chi connectivity index (χ3v) is 2.05. The molecule has 0 aromatic carbocycles. The minimum atomic E-state index is 1.09. The normalized spacial score (nSPS) is 11.8. The lowest BCUT2D eigenvalue weighted by molar-refractivity contribution is 0.651. The molecule has 0 aromatic heterocycles. The number of allylic oxidation sites excluding steroid dienone is 4. The number of rotatable bonds is 8. The van der Waals surface area contributed by atoms with E-state index in [0.717, 1.165) is 12.8 Å². The van der Waals surface area contributed by atoms with Gasteiger partial charge in [-0.3, -0.25) is 0 Å². The molecule has 0 aliphatic heterocycles. The maximum atomic E-state index is 3.83. The van der Waals surface area contributed by atoms with Crippen molar-refractivity contribution in [3.05, 3.63) is 31.2 Å². The number of hydrogen-bond acceptors (Lipinski definition) is 0. The number of hydrogen-bond donors (Lipinski definition) is 0. The summed E-state index contributed by atoms with van der Waals surface area (Å²) in [5.41, 5.74) is 0. The second-order valence-electron chi connectivity index (χ2n) is 3.33. The van der Waals surface area contributed by atoms with Gasteiger partial charge >= 0.3 is 0 Å². The Morgan fingerprint density at radius 1 is 0.923 bits per heavy atom. The molecule has 13 heavy (non-hydrogen) atoms. The fourth-order valence-electron chi connectivity index (χ4n) is 1.22. The van der Waals surface area contributed by atoms with Gasteiger partial charge in [0.15, 0.2) is 0 Å². The van der Waals surface area contributed by atoms with Crippen molar-refractivity contribution in [3.8, 4) is 0 Å². The van der Waals surface area contributed by atoms with Crippen molar-refractivity contribution in [2.45, 2.75) is 51.9 Å². The maximum absolute atomic E-state index is 3.83. The highest BCUT2D eigenvalue weighted by molar-refractivity contribution is 4.91. The zero-order valence-corrected chi connectivity index (χ0v) is 8.97. The van der Waals surface area contributed by atoms with Crippen LogP contribution in [-0.4, -0.2) is 0 Å². The van der Waals surface area contributed by atoms with Gasteiger partial charge < -0.3 is 0 Å². The van der Waals surface area contributed by atoms with Gasteiger partial charge in [-0.05, 0) is 26.2 Å². The first-order valence-corrected chi connectivity index (χ1v) is 5.47. The molecule has 0 aromatic rings. The quantitative estimate of drug-likeness (QED) is 0.375. The van der Waals surface area contributed by atoms with Crippen LogP contribution in [0.4, 0.5) is 0 Å². The molecule has 0 saturated carbocycles. The van der Waals surface area contributed by atoms with E-state index in [2.05, 4.69) is 38.2 Å². The highest BCUT2D eigenvalue weighted by Gasteiger charge is 1.85. The molecule has 0 heteroatoms. The molecule has 0 fully saturated rings. The molecule has 0 bridgehead atoms. The van der Waals surface area contributed by atoms with Crippen molar-refractivity contribution >= 4 is 0 Å². The van der Waals surface area contributed by atoms with Crippen LogP contribution in [0.3, 0.4) is 0 Å². The highest BCUT2D eigenvalue weighted by atomic mass is 13.9. The van der Waals surface area contributed by atoms with Gasteiger partial charge in [0.05, 0.1) is 0 Å². The molecular formula is C13H23. The van der Waals surface area contributed by atoms with E-state index in [0.29, 0.717) is 0 Å². The molecule has 1 radical (unpaired) electrons. The van der Waals surface area contributed by atoms with Crippen LogP contribution < -0.4 is 0 Å². The van der Waals surface area contributed by atoms with Crippen LogP contribution in [0.2, 0.25) is 0 Å². The molecule has 0 N–H and O–H groups in total. The van der Waals surface area contributed by atoms with Crippen molar-refractivity contribution in [1.29, 1.82) is 0 Å². The standard InChI is InChI=1S/C13H23/c1-3-5-7-9-11-13-12-10-8-6-4-2/h4,6,10,12H,1,3,5,7-9,11,13H2,2H3/b6-4+,12-10+. The van der Waals surface area contributed by atoms with Crippen molar-refractivity contribution in [3.63, 3.8) is 0 Å². The fourth-order valence-corrected chi connectivity index (χ4v) is 1.22. The molecule has 0 spiro atoms.